The van der Waals surface area contributed by atoms with Gasteiger partial charge in [0.2, 0.25) is 0 Å². The lowest BCUT2D eigenvalue weighted by Crippen LogP contribution is -2.29. The number of methoxy groups -OCH3 is 1. The maximum atomic E-state index is 13.0. The normalized spacial score (nSPS) is 11.6. The zero-order chi connectivity index (χ0) is 20.8. The van der Waals surface area contributed by atoms with Crippen molar-refractivity contribution in [3.05, 3.63) is 88.7 Å². The molecule has 3 aromatic rings. The Hall–Kier alpha value is -3.05. The number of ether oxygens (including phenoxy) is 2. The number of hydrogen-bond acceptors (Lipinski definition) is 4. The van der Waals surface area contributed by atoms with Gasteiger partial charge >= 0.3 is 0 Å². The number of rotatable bonds is 7. The molecule has 5 nitrogen and oxygen atoms in total. The minimum absolute atomic E-state index is 0.0858. The van der Waals surface area contributed by atoms with Crippen LogP contribution in [0, 0.1) is 0 Å². The molecule has 0 fully saturated rings. The minimum Gasteiger partial charge on any atom is -0.493 e. The van der Waals surface area contributed by atoms with Crippen LogP contribution in [0.1, 0.15) is 34.5 Å². The zero-order valence-electron chi connectivity index (χ0n) is 16.6. The van der Waals surface area contributed by atoms with Crippen molar-refractivity contribution >= 4 is 17.5 Å². The number of carbonyl (C=O) groups is 1. The number of pyridine rings is 1. The van der Waals surface area contributed by atoms with Gasteiger partial charge in [-0.15, -0.1) is 0 Å². The van der Waals surface area contributed by atoms with E-state index < -0.39 is 0 Å². The summed E-state index contributed by atoms with van der Waals surface area (Å²) in [4.78, 5) is 18.7. The first kappa shape index (κ1) is 20.7. The van der Waals surface area contributed by atoms with Crippen LogP contribution in [-0.4, -0.2) is 29.9 Å². The van der Waals surface area contributed by atoms with Crippen molar-refractivity contribution in [1.29, 1.82) is 0 Å². The van der Waals surface area contributed by atoms with Gasteiger partial charge in [-0.05, 0) is 60.5 Å². The van der Waals surface area contributed by atoms with Crippen molar-refractivity contribution in [2.24, 2.45) is 0 Å². The molecule has 1 amide bonds. The van der Waals surface area contributed by atoms with Crippen LogP contribution in [0.15, 0.2) is 67.0 Å². The molecule has 0 radical (unpaired) electrons. The SMILES string of the molecule is COc1cc(C(=O)N(C)C(C)c2ccncc2)ccc1OCc1ccc(Cl)cc1. The molecule has 2 aromatic carbocycles. The molecule has 3 rings (SSSR count). The van der Waals surface area contributed by atoms with Crippen LogP contribution in [0.2, 0.25) is 5.02 Å². The van der Waals surface area contributed by atoms with E-state index in [0.29, 0.717) is 28.7 Å². The first-order valence-corrected chi connectivity index (χ1v) is 9.59. The Balaban J connectivity index is 1.73. The van der Waals surface area contributed by atoms with E-state index in [-0.39, 0.29) is 11.9 Å². The van der Waals surface area contributed by atoms with Gasteiger partial charge in [0.15, 0.2) is 11.5 Å². The molecule has 6 heteroatoms. The fourth-order valence-corrected chi connectivity index (χ4v) is 3.03. The topological polar surface area (TPSA) is 51.7 Å². The highest BCUT2D eigenvalue weighted by Crippen LogP contribution is 2.30. The number of benzene rings is 2. The standard InChI is InChI=1S/C23H23ClN2O3/c1-16(18-10-12-25-13-11-18)26(2)23(27)19-6-9-21(22(14-19)28-3)29-15-17-4-7-20(24)8-5-17/h4-14,16H,15H2,1-3H3. The fourth-order valence-electron chi connectivity index (χ4n) is 2.91. The van der Waals surface area contributed by atoms with Crippen LogP contribution in [0.5, 0.6) is 11.5 Å². The molecule has 29 heavy (non-hydrogen) atoms. The van der Waals surface area contributed by atoms with Crippen LogP contribution in [0.25, 0.3) is 0 Å². The highest BCUT2D eigenvalue weighted by molar-refractivity contribution is 6.30. The van der Waals surface area contributed by atoms with E-state index >= 15 is 0 Å². The molecule has 1 unspecified atom stereocenters. The summed E-state index contributed by atoms with van der Waals surface area (Å²) in [5.41, 5.74) is 2.54. The predicted octanol–water partition coefficient (Wildman–Crippen LogP) is 5.16. The molecule has 0 saturated carbocycles. The molecule has 0 bridgehead atoms. The number of carbonyl (C=O) groups excluding carboxylic acids is 1. The summed E-state index contributed by atoms with van der Waals surface area (Å²) >= 11 is 5.91. The van der Waals surface area contributed by atoms with Gasteiger partial charge in [-0.1, -0.05) is 23.7 Å². The Kier molecular flexibility index (Phi) is 6.73. The predicted molar refractivity (Wildman–Crippen MR) is 114 cm³/mol. The number of amides is 1. The summed E-state index contributed by atoms with van der Waals surface area (Å²) in [7, 11) is 3.34. The monoisotopic (exact) mass is 410 g/mol. The Labute approximate surface area is 175 Å². The largest absolute Gasteiger partial charge is 0.493 e. The molecule has 150 valence electrons. The van der Waals surface area contributed by atoms with Crippen molar-refractivity contribution in [2.75, 3.05) is 14.2 Å². The van der Waals surface area contributed by atoms with E-state index in [1.165, 1.54) is 0 Å². The fraction of sp³-hybridized carbons (Fsp3) is 0.217. The molecule has 0 aliphatic rings. The molecular weight excluding hydrogens is 388 g/mol. The third-order valence-corrected chi connectivity index (χ3v) is 5.06. The molecule has 1 heterocycles. The van der Waals surface area contributed by atoms with Gasteiger partial charge < -0.3 is 14.4 Å². The van der Waals surface area contributed by atoms with E-state index in [9.17, 15) is 4.79 Å². The molecule has 0 saturated heterocycles. The number of hydrogen-bond donors (Lipinski definition) is 0. The molecule has 0 aliphatic heterocycles. The minimum atomic E-state index is -0.100. The molecular formula is C23H23ClN2O3. The maximum Gasteiger partial charge on any atom is 0.254 e. The third-order valence-electron chi connectivity index (χ3n) is 4.81. The number of nitrogens with zero attached hydrogens (tertiary/aromatic N) is 2. The van der Waals surface area contributed by atoms with Gasteiger partial charge in [0, 0.05) is 30.0 Å². The van der Waals surface area contributed by atoms with Crippen LogP contribution in [0.4, 0.5) is 0 Å². The third kappa shape index (κ3) is 5.06. The summed E-state index contributed by atoms with van der Waals surface area (Å²) in [5.74, 6) is 0.982. The summed E-state index contributed by atoms with van der Waals surface area (Å²) in [6, 6.07) is 16.4. The number of halogens is 1. The van der Waals surface area contributed by atoms with E-state index in [1.54, 1.807) is 49.7 Å². The van der Waals surface area contributed by atoms with Crippen molar-refractivity contribution in [3.8, 4) is 11.5 Å². The van der Waals surface area contributed by atoms with E-state index in [0.717, 1.165) is 11.1 Å². The molecule has 0 aliphatic carbocycles. The summed E-state index contributed by atoms with van der Waals surface area (Å²) in [6.07, 6.45) is 3.44. The second-order valence-corrected chi connectivity index (χ2v) is 7.09. The number of aromatic nitrogens is 1. The van der Waals surface area contributed by atoms with Crippen molar-refractivity contribution in [3.63, 3.8) is 0 Å². The van der Waals surface area contributed by atoms with Crippen molar-refractivity contribution in [1.82, 2.24) is 9.88 Å². The quantitative estimate of drug-likeness (QED) is 0.540. The lowest BCUT2D eigenvalue weighted by molar-refractivity contribution is 0.0742. The highest BCUT2D eigenvalue weighted by Gasteiger charge is 2.20. The van der Waals surface area contributed by atoms with Gasteiger partial charge in [-0.25, -0.2) is 0 Å². The average Bonchev–Trinajstić information content (AvgIpc) is 2.77. The Bertz CT molecular complexity index is 962. The first-order chi connectivity index (χ1) is 14.0. The Morgan fingerprint density at radius 2 is 1.76 bits per heavy atom. The summed E-state index contributed by atoms with van der Waals surface area (Å²) in [5, 5.41) is 0.680. The maximum absolute atomic E-state index is 13.0. The molecule has 1 atom stereocenters. The van der Waals surface area contributed by atoms with Gasteiger partial charge in [0.25, 0.3) is 5.91 Å². The van der Waals surface area contributed by atoms with E-state index in [1.807, 2.05) is 43.3 Å². The second-order valence-electron chi connectivity index (χ2n) is 6.65. The highest BCUT2D eigenvalue weighted by atomic mass is 35.5. The van der Waals surface area contributed by atoms with Crippen LogP contribution in [0.3, 0.4) is 0 Å². The smallest absolute Gasteiger partial charge is 0.254 e. The molecule has 0 N–H and O–H groups in total. The van der Waals surface area contributed by atoms with Gasteiger partial charge in [-0.3, -0.25) is 9.78 Å². The zero-order valence-corrected chi connectivity index (χ0v) is 17.4. The van der Waals surface area contributed by atoms with Crippen LogP contribution >= 0.6 is 11.6 Å². The lowest BCUT2D eigenvalue weighted by Gasteiger charge is -2.25. The molecule has 1 aromatic heterocycles. The molecule has 0 spiro atoms. The first-order valence-electron chi connectivity index (χ1n) is 9.22. The van der Waals surface area contributed by atoms with Crippen molar-refractivity contribution < 1.29 is 14.3 Å². The Morgan fingerprint density at radius 3 is 2.41 bits per heavy atom. The van der Waals surface area contributed by atoms with E-state index in [4.69, 9.17) is 21.1 Å². The Morgan fingerprint density at radius 1 is 1.07 bits per heavy atom. The van der Waals surface area contributed by atoms with Crippen LogP contribution < -0.4 is 9.47 Å². The van der Waals surface area contributed by atoms with Gasteiger partial charge in [-0.2, -0.15) is 0 Å². The van der Waals surface area contributed by atoms with Crippen molar-refractivity contribution in [2.45, 2.75) is 19.6 Å². The van der Waals surface area contributed by atoms with Gasteiger partial charge in [0.1, 0.15) is 6.61 Å². The second kappa shape index (κ2) is 9.43. The van der Waals surface area contributed by atoms with Crippen LogP contribution in [-0.2, 0) is 6.61 Å². The summed E-state index contributed by atoms with van der Waals surface area (Å²) in [6.45, 7) is 2.36. The lowest BCUT2D eigenvalue weighted by atomic mass is 10.1. The van der Waals surface area contributed by atoms with E-state index in [2.05, 4.69) is 4.98 Å². The average molecular weight is 411 g/mol. The van der Waals surface area contributed by atoms with Gasteiger partial charge in [0.05, 0.1) is 13.2 Å². The summed E-state index contributed by atoms with van der Waals surface area (Å²) < 4.78 is 11.3.